The van der Waals surface area contributed by atoms with E-state index in [4.69, 9.17) is 11.5 Å². The Morgan fingerprint density at radius 3 is 2.12 bits per heavy atom. The van der Waals surface area contributed by atoms with Gasteiger partial charge in [0.25, 0.3) is 0 Å². The van der Waals surface area contributed by atoms with E-state index in [9.17, 15) is 0 Å². The van der Waals surface area contributed by atoms with Crippen LogP contribution in [-0.2, 0) is 5.54 Å². The van der Waals surface area contributed by atoms with E-state index in [1.807, 2.05) is 42.5 Å². The molecule has 2 heteroatoms. The molecule has 1 unspecified atom stereocenters. The van der Waals surface area contributed by atoms with Crippen LogP contribution in [0.15, 0.2) is 54.6 Å². The third kappa shape index (κ3) is 2.04. The molecule has 0 spiro atoms. The predicted molar refractivity (Wildman–Crippen MR) is 72.6 cm³/mol. The molecule has 0 heterocycles. The van der Waals surface area contributed by atoms with Crippen molar-refractivity contribution in [2.45, 2.75) is 18.9 Å². The number of hydrogen-bond donors (Lipinski definition) is 2. The van der Waals surface area contributed by atoms with Gasteiger partial charge in [0.2, 0.25) is 0 Å². The molecule has 0 bridgehead atoms. The van der Waals surface area contributed by atoms with Gasteiger partial charge in [-0.1, -0.05) is 55.5 Å². The number of hydrogen-bond acceptors (Lipinski definition) is 2. The number of rotatable bonds is 3. The van der Waals surface area contributed by atoms with Crippen LogP contribution in [0.4, 0.5) is 5.69 Å². The minimum Gasteiger partial charge on any atom is -0.398 e. The van der Waals surface area contributed by atoms with Gasteiger partial charge in [-0.05, 0) is 23.6 Å². The van der Waals surface area contributed by atoms with Gasteiger partial charge in [0, 0.05) is 5.69 Å². The average molecular weight is 226 g/mol. The Labute approximate surface area is 102 Å². The number of benzene rings is 2. The molecule has 88 valence electrons. The molecule has 0 aliphatic rings. The molecule has 2 nitrogen and oxygen atoms in total. The third-order valence-corrected chi connectivity index (χ3v) is 3.29. The smallest absolute Gasteiger partial charge is 0.0683 e. The van der Waals surface area contributed by atoms with E-state index in [0.717, 1.165) is 23.2 Å². The highest BCUT2D eigenvalue weighted by atomic mass is 14.8. The molecule has 0 amide bonds. The minimum atomic E-state index is -0.507. The molecule has 17 heavy (non-hydrogen) atoms. The van der Waals surface area contributed by atoms with E-state index in [2.05, 4.69) is 19.1 Å². The van der Waals surface area contributed by atoms with Crippen molar-refractivity contribution in [3.05, 3.63) is 65.7 Å². The van der Waals surface area contributed by atoms with Crippen molar-refractivity contribution >= 4 is 5.69 Å². The summed E-state index contributed by atoms with van der Waals surface area (Å²) in [6.45, 7) is 2.08. The Bertz CT molecular complexity index is 493. The summed E-state index contributed by atoms with van der Waals surface area (Å²) in [6.07, 6.45) is 0.811. The molecule has 0 aliphatic carbocycles. The summed E-state index contributed by atoms with van der Waals surface area (Å²) >= 11 is 0. The molecule has 0 aliphatic heterocycles. The fourth-order valence-electron chi connectivity index (χ4n) is 2.19. The number of nitrogen functional groups attached to an aromatic ring is 1. The maximum absolute atomic E-state index is 6.56. The standard InChI is InChI=1S/C15H18N2/c1-2-15(17,12-8-4-3-5-9-12)13-10-6-7-11-14(13)16/h3-11H,2,16-17H2,1H3. The van der Waals surface area contributed by atoms with Crippen LogP contribution in [0.25, 0.3) is 0 Å². The first-order chi connectivity index (χ1) is 8.18. The normalized spacial score (nSPS) is 14.2. The van der Waals surface area contributed by atoms with E-state index in [0.29, 0.717) is 0 Å². The Kier molecular flexibility index (Phi) is 3.16. The monoisotopic (exact) mass is 226 g/mol. The molecular formula is C15H18N2. The van der Waals surface area contributed by atoms with Crippen LogP contribution in [0.3, 0.4) is 0 Å². The first-order valence-electron chi connectivity index (χ1n) is 5.88. The zero-order valence-corrected chi connectivity index (χ0v) is 10.1. The maximum Gasteiger partial charge on any atom is 0.0683 e. The van der Waals surface area contributed by atoms with Crippen LogP contribution in [0.1, 0.15) is 24.5 Å². The van der Waals surface area contributed by atoms with Crippen LogP contribution in [0.5, 0.6) is 0 Å². The van der Waals surface area contributed by atoms with Crippen molar-refractivity contribution in [3.8, 4) is 0 Å². The van der Waals surface area contributed by atoms with Crippen molar-refractivity contribution in [1.82, 2.24) is 0 Å². The lowest BCUT2D eigenvalue weighted by atomic mass is 9.81. The number of nitrogens with two attached hydrogens (primary N) is 2. The van der Waals surface area contributed by atoms with Gasteiger partial charge in [-0.15, -0.1) is 0 Å². The van der Waals surface area contributed by atoms with Crippen LogP contribution in [0, 0.1) is 0 Å². The highest BCUT2D eigenvalue weighted by Crippen LogP contribution is 2.33. The lowest BCUT2D eigenvalue weighted by Crippen LogP contribution is -2.37. The van der Waals surface area contributed by atoms with Crippen LogP contribution < -0.4 is 11.5 Å². The molecule has 2 aromatic rings. The van der Waals surface area contributed by atoms with Gasteiger partial charge in [-0.2, -0.15) is 0 Å². The third-order valence-electron chi connectivity index (χ3n) is 3.29. The zero-order valence-electron chi connectivity index (χ0n) is 10.1. The predicted octanol–water partition coefficient (Wildman–Crippen LogP) is 2.88. The van der Waals surface area contributed by atoms with Crippen molar-refractivity contribution in [2.24, 2.45) is 5.73 Å². The van der Waals surface area contributed by atoms with Crippen LogP contribution >= 0.6 is 0 Å². The SMILES string of the molecule is CCC(N)(c1ccccc1)c1ccccc1N. The van der Waals surface area contributed by atoms with Gasteiger partial charge in [0.05, 0.1) is 5.54 Å². The van der Waals surface area contributed by atoms with Gasteiger partial charge >= 0.3 is 0 Å². The van der Waals surface area contributed by atoms with Gasteiger partial charge in [-0.25, -0.2) is 0 Å². The highest BCUT2D eigenvalue weighted by Gasteiger charge is 2.28. The highest BCUT2D eigenvalue weighted by molar-refractivity contribution is 5.54. The molecule has 0 fully saturated rings. The Morgan fingerprint density at radius 2 is 1.53 bits per heavy atom. The second-order valence-corrected chi connectivity index (χ2v) is 4.28. The van der Waals surface area contributed by atoms with E-state index >= 15 is 0 Å². The Hall–Kier alpha value is -1.80. The molecule has 2 aromatic carbocycles. The van der Waals surface area contributed by atoms with E-state index in [-0.39, 0.29) is 0 Å². The van der Waals surface area contributed by atoms with Crippen molar-refractivity contribution in [3.63, 3.8) is 0 Å². The average Bonchev–Trinajstić information content (AvgIpc) is 2.39. The largest absolute Gasteiger partial charge is 0.398 e. The van der Waals surface area contributed by atoms with E-state index in [1.54, 1.807) is 0 Å². The molecule has 2 rings (SSSR count). The molecule has 4 N–H and O–H groups in total. The summed E-state index contributed by atoms with van der Waals surface area (Å²) in [7, 11) is 0. The Morgan fingerprint density at radius 1 is 0.941 bits per heavy atom. The van der Waals surface area contributed by atoms with Crippen molar-refractivity contribution < 1.29 is 0 Å². The van der Waals surface area contributed by atoms with E-state index < -0.39 is 5.54 Å². The van der Waals surface area contributed by atoms with Crippen LogP contribution in [0.2, 0.25) is 0 Å². The molecule has 0 saturated carbocycles. The van der Waals surface area contributed by atoms with Crippen molar-refractivity contribution in [1.29, 1.82) is 0 Å². The van der Waals surface area contributed by atoms with Gasteiger partial charge in [-0.3, -0.25) is 0 Å². The Balaban J connectivity index is 2.56. The van der Waals surface area contributed by atoms with Gasteiger partial charge in [0.1, 0.15) is 0 Å². The zero-order chi connectivity index (χ0) is 12.3. The quantitative estimate of drug-likeness (QED) is 0.791. The van der Waals surface area contributed by atoms with Crippen molar-refractivity contribution in [2.75, 3.05) is 5.73 Å². The fraction of sp³-hybridized carbons (Fsp3) is 0.200. The maximum atomic E-state index is 6.56. The second kappa shape index (κ2) is 4.60. The fourth-order valence-corrected chi connectivity index (χ4v) is 2.19. The lowest BCUT2D eigenvalue weighted by Gasteiger charge is -2.30. The molecular weight excluding hydrogens is 208 g/mol. The minimum absolute atomic E-state index is 0.507. The second-order valence-electron chi connectivity index (χ2n) is 4.28. The summed E-state index contributed by atoms with van der Waals surface area (Å²) < 4.78 is 0. The number of para-hydroxylation sites is 1. The summed E-state index contributed by atoms with van der Waals surface area (Å²) in [5.41, 5.74) is 14.9. The summed E-state index contributed by atoms with van der Waals surface area (Å²) in [5, 5.41) is 0. The molecule has 0 radical (unpaired) electrons. The summed E-state index contributed by atoms with van der Waals surface area (Å²) in [4.78, 5) is 0. The van der Waals surface area contributed by atoms with Gasteiger partial charge < -0.3 is 11.5 Å². The molecule has 0 aromatic heterocycles. The lowest BCUT2D eigenvalue weighted by molar-refractivity contribution is 0.521. The topological polar surface area (TPSA) is 52.0 Å². The summed E-state index contributed by atoms with van der Waals surface area (Å²) in [5.74, 6) is 0. The summed E-state index contributed by atoms with van der Waals surface area (Å²) in [6, 6.07) is 17.9. The first kappa shape index (κ1) is 11.7. The first-order valence-corrected chi connectivity index (χ1v) is 5.88. The van der Waals surface area contributed by atoms with E-state index in [1.165, 1.54) is 0 Å². The molecule has 1 atom stereocenters. The molecule has 0 saturated heterocycles. The van der Waals surface area contributed by atoms with Crippen LogP contribution in [-0.4, -0.2) is 0 Å². The van der Waals surface area contributed by atoms with Gasteiger partial charge in [0.15, 0.2) is 0 Å². The number of anilines is 1.